The quantitative estimate of drug-likeness (QED) is 0.738. The number of allylic oxidation sites excluding steroid dienone is 1. The molecule has 0 aromatic heterocycles. The van der Waals surface area contributed by atoms with Crippen molar-refractivity contribution in [1.82, 2.24) is 0 Å². The number of rotatable bonds is 1. The van der Waals surface area contributed by atoms with Gasteiger partial charge >= 0.3 is 0 Å². The molecule has 0 radical (unpaired) electrons. The molecule has 0 N–H and O–H groups in total. The van der Waals surface area contributed by atoms with Gasteiger partial charge in [0.1, 0.15) is 11.6 Å². The maximum Gasteiger partial charge on any atom is 0.213 e. The zero-order valence-electron chi connectivity index (χ0n) is 13.1. The Morgan fingerprint density at radius 2 is 2.05 bits per heavy atom. The van der Waals surface area contributed by atoms with E-state index in [1.54, 1.807) is 14.2 Å². The van der Waals surface area contributed by atoms with Crippen LogP contribution in [0.4, 0.5) is 0 Å². The molecule has 0 aromatic rings. The lowest BCUT2D eigenvalue weighted by Gasteiger charge is -2.38. The zero-order chi connectivity index (χ0) is 14.9. The van der Waals surface area contributed by atoms with E-state index in [0.29, 0.717) is 17.7 Å². The lowest BCUT2D eigenvalue weighted by atomic mass is 9.79. The number of hydrogen-bond acceptors (Lipinski definition) is 4. The SMILES string of the molecule is C=C1C[C@@]2(CC=C1C)N=C(OC)[C@H](C(C)C)N=C2OC. The van der Waals surface area contributed by atoms with Crippen LogP contribution in [0.1, 0.15) is 33.6 Å². The van der Waals surface area contributed by atoms with Crippen LogP contribution >= 0.6 is 0 Å². The molecule has 0 saturated carbocycles. The summed E-state index contributed by atoms with van der Waals surface area (Å²) in [6, 6.07) is -0.0687. The predicted molar refractivity (Wildman–Crippen MR) is 82.4 cm³/mol. The second kappa shape index (κ2) is 5.43. The van der Waals surface area contributed by atoms with Crippen LogP contribution < -0.4 is 0 Å². The summed E-state index contributed by atoms with van der Waals surface area (Å²) < 4.78 is 11.0. The lowest BCUT2D eigenvalue weighted by Crippen LogP contribution is -2.47. The topological polar surface area (TPSA) is 43.2 Å². The van der Waals surface area contributed by atoms with Crippen molar-refractivity contribution < 1.29 is 9.47 Å². The zero-order valence-corrected chi connectivity index (χ0v) is 13.1. The van der Waals surface area contributed by atoms with E-state index < -0.39 is 5.54 Å². The second-order valence-electron chi connectivity index (χ2n) is 5.88. The van der Waals surface area contributed by atoms with Gasteiger partial charge in [0.25, 0.3) is 0 Å². The van der Waals surface area contributed by atoms with Crippen molar-refractivity contribution in [2.75, 3.05) is 14.2 Å². The van der Waals surface area contributed by atoms with Gasteiger partial charge in [-0.2, -0.15) is 0 Å². The van der Waals surface area contributed by atoms with Gasteiger partial charge in [-0.3, -0.25) is 0 Å². The average Bonchev–Trinajstić information content (AvgIpc) is 2.42. The summed E-state index contributed by atoms with van der Waals surface area (Å²) in [5.41, 5.74) is 1.84. The van der Waals surface area contributed by atoms with Gasteiger partial charge in [-0.1, -0.05) is 32.1 Å². The van der Waals surface area contributed by atoms with Crippen LogP contribution in [-0.4, -0.2) is 37.6 Å². The summed E-state index contributed by atoms with van der Waals surface area (Å²) in [7, 11) is 3.33. The van der Waals surface area contributed by atoms with Crippen molar-refractivity contribution in [1.29, 1.82) is 0 Å². The van der Waals surface area contributed by atoms with Crippen molar-refractivity contribution in [3.8, 4) is 0 Å². The fraction of sp³-hybridized carbons (Fsp3) is 0.625. The minimum Gasteiger partial charge on any atom is -0.483 e. The summed E-state index contributed by atoms with van der Waals surface area (Å²) in [6.07, 6.45) is 3.68. The van der Waals surface area contributed by atoms with E-state index in [9.17, 15) is 0 Å². The lowest BCUT2D eigenvalue weighted by molar-refractivity contribution is 0.301. The van der Waals surface area contributed by atoms with Crippen molar-refractivity contribution in [3.63, 3.8) is 0 Å². The van der Waals surface area contributed by atoms with E-state index in [1.807, 2.05) is 0 Å². The maximum atomic E-state index is 5.56. The third-order valence-electron chi connectivity index (χ3n) is 4.08. The molecule has 1 spiro atoms. The van der Waals surface area contributed by atoms with E-state index in [0.717, 1.165) is 18.4 Å². The van der Waals surface area contributed by atoms with Crippen LogP contribution in [-0.2, 0) is 9.47 Å². The molecule has 0 bridgehead atoms. The summed E-state index contributed by atoms with van der Waals surface area (Å²) in [5, 5.41) is 0. The van der Waals surface area contributed by atoms with Gasteiger partial charge in [-0.15, -0.1) is 0 Å². The molecule has 4 heteroatoms. The van der Waals surface area contributed by atoms with Gasteiger partial charge in [0, 0.05) is 12.8 Å². The molecule has 0 aromatic carbocycles. The van der Waals surface area contributed by atoms with E-state index in [2.05, 4.69) is 33.4 Å². The first-order valence-electron chi connectivity index (χ1n) is 7.04. The van der Waals surface area contributed by atoms with Crippen LogP contribution in [0.5, 0.6) is 0 Å². The Morgan fingerprint density at radius 1 is 1.35 bits per heavy atom. The molecule has 4 nitrogen and oxygen atoms in total. The van der Waals surface area contributed by atoms with E-state index in [4.69, 9.17) is 19.5 Å². The monoisotopic (exact) mass is 276 g/mol. The molecule has 0 amide bonds. The first-order chi connectivity index (χ1) is 9.43. The highest BCUT2D eigenvalue weighted by molar-refractivity contribution is 5.97. The van der Waals surface area contributed by atoms with Crippen molar-refractivity contribution in [3.05, 3.63) is 23.8 Å². The third-order valence-corrected chi connectivity index (χ3v) is 4.08. The van der Waals surface area contributed by atoms with Crippen molar-refractivity contribution >= 4 is 11.8 Å². The average molecular weight is 276 g/mol. The summed E-state index contributed by atoms with van der Waals surface area (Å²) >= 11 is 0. The van der Waals surface area contributed by atoms with Gasteiger partial charge in [-0.05, 0) is 18.4 Å². The molecule has 0 unspecified atom stereocenters. The smallest absolute Gasteiger partial charge is 0.213 e. The standard InChI is InChI=1S/C16H24N2O2/c1-10(2)13-14(19-5)18-16(15(17-13)20-6)8-7-11(3)12(4)9-16/h7,10,13H,4,8-9H2,1-3,5-6H3/t13-,16+/m0/s1. The van der Waals surface area contributed by atoms with Gasteiger partial charge in [0.15, 0.2) is 0 Å². The molecule has 0 saturated heterocycles. The Labute approximate surface area is 121 Å². The molecule has 2 aliphatic rings. The number of aliphatic imine (C=N–C) groups is 2. The number of nitrogens with zero attached hydrogens (tertiary/aromatic N) is 2. The molecule has 2 rings (SSSR count). The largest absolute Gasteiger partial charge is 0.483 e. The Balaban J connectivity index is 2.45. The Kier molecular flexibility index (Phi) is 4.02. The molecule has 2 atom stereocenters. The fourth-order valence-corrected chi connectivity index (χ4v) is 2.75. The Hall–Kier alpha value is -1.58. The van der Waals surface area contributed by atoms with Crippen LogP contribution in [0.2, 0.25) is 0 Å². The highest BCUT2D eigenvalue weighted by atomic mass is 16.5. The molecule has 0 fully saturated rings. The molecule has 1 aliphatic heterocycles. The van der Waals surface area contributed by atoms with Gasteiger partial charge in [0.2, 0.25) is 11.8 Å². The number of methoxy groups -OCH3 is 2. The van der Waals surface area contributed by atoms with Crippen LogP contribution in [0, 0.1) is 5.92 Å². The highest BCUT2D eigenvalue weighted by Gasteiger charge is 2.44. The van der Waals surface area contributed by atoms with Gasteiger partial charge in [-0.25, -0.2) is 9.98 Å². The molecule has 1 aliphatic carbocycles. The molecule has 20 heavy (non-hydrogen) atoms. The van der Waals surface area contributed by atoms with Crippen LogP contribution in [0.25, 0.3) is 0 Å². The van der Waals surface area contributed by atoms with Gasteiger partial charge < -0.3 is 9.47 Å². The second-order valence-corrected chi connectivity index (χ2v) is 5.88. The fourth-order valence-electron chi connectivity index (χ4n) is 2.75. The minimum atomic E-state index is -0.470. The van der Waals surface area contributed by atoms with E-state index >= 15 is 0 Å². The first kappa shape index (κ1) is 14.8. The van der Waals surface area contributed by atoms with Crippen molar-refractivity contribution in [2.24, 2.45) is 15.9 Å². The molecule has 110 valence electrons. The highest BCUT2D eigenvalue weighted by Crippen LogP contribution is 2.38. The molecular weight excluding hydrogens is 252 g/mol. The van der Waals surface area contributed by atoms with Crippen molar-refractivity contribution in [2.45, 2.75) is 45.2 Å². The van der Waals surface area contributed by atoms with E-state index in [1.165, 1.54) is 5.57 Å². The normalized spacial score (nSPS) is 30.0. The third kappa shape index (κ3) is 2.39. The summed E-state index contributed by atoms with van der Waals surface area (Å²) in [5.74, 6) is 1.71. The minimum absolute atomic E-state index is 0.0687. The summed E-state index contributed by atoms with van der Waals surface area (Å²) in [6.45, 7) is 10.4. The van der Waals surface area contributed by atoms with Gasteiger partial charge in [0.05, 0.1) is 14.2 Å². The number of ether oxygens (including phenoxy) is 2. The molecule has 1 heterocycles. The number of hydrogen-bond donors (Lipinski definition) is 0. The first-order valence-corrected chi connectivity index (χ1v) is 7.04. The predicted octanol–water partition coefficient (Wildman–Crippen LogP) is 3.15. The summed E-state index contributed by atoms with van der Waals surface area (Å²) in [4.78, 5) is 9.62. The van der Waals surface area contributed by atoms with Crippen LogP contribution in [0.3, 0.4) is 0 Å². The molecular formula is C16H24N2O2. The van der Waals surface area contributed by atoms with E-state index in [-0.39, 0.29) is 6.04 Å². The Morgan fingerprint density at radius 3 is 2.55 bits per heavy atom. The maximum absolute atomic E-state index is 5.56. The Bertz CT molecular complexity index is 503. The van der Waals surface area contributed by atoms with Crippen LogP contribution in [0.15, 0.2) is 33.8 Å².